The van der Waals surface area contributed by atoms with Crippen LogP contribution in [0.4, 0.5) is 0 Å². The average molecular weight is 673 g/mol. The van der Waals surface area contributed by atoms with E-state index in [1.807, 2.05) is 18.2 Å². The fraction of sp³-hybridized carbons (Fsp3) is 0.455. The van der Waals surface area contributed by atoms with Gasteiger partial charge in [0.15, 0.2) is 0 Å². The molecule has 2 aliphatic heterocycles. The van der Waals surface area contributed by atoms with E-state index < -0.39 is 31.8 Å². The molecule has 13 heteroatoms. The first-order chi connectivity index (χ1) is 21.8. The molecule has 250 valence electrons. The number of hydrogen-bond donors (Lipinski definition) is 4. The lowest BCUT2D eigenvalue weighted by molar-refractivity contribution is -0.0312. The Morgan fingerprint density at radius 2 is 1.67 bits per heavy atom. The Labute approximate surface area is 272 Å². The summed E-state index contributed by atoms with van der Waals surface area (Å²) < 4.78 is 63.7. The van der Waals surface area contributed by atoms with Crippen molar-refractivity contribution in [1.29, 1.82) is 0 Å². The second-order valence-corrected chi connectivity index (χ2v) is 16.0. The number of benzene rings is 3. The van der Waals surface area contributed by atoms with E-state index in [0.29, 0.717) is 50.8 Å². The zero-order valence-corrected chi connectivity index (χ0v) is 27.9. The summed E-state index contributed by atoms with van der Waals surface area (Å²) in [6, 6.07) is 21.5. The van der Waals surface area contributed by atoms with E-state index in [9.17, 15) is 21.9 Å². The molecule has 2 fully saturated rings. The fourth-order valence-electron chi connectivity index (χ4n) is 5.88. The largest absolute Gasteiger partial charge is 0.491 e. The third-order valence-corrected chi connectivity index (χ3v) is 11.3. The number of hydrogen-bond acceptors (Lipinski definition) is 9. The van der Waals surface area contributed by atoms with Crippen LogP contribution in [0.3, 0.4) is 0 Å². The Kier molecular flexibility index (Phi) is 10.8. The molecule has 2 aliphatic rings. The van der Waals surface area contributed by atoms with Gasteiger partial charge in [-0.25, -0.2) is 22.0 Å². The van der Waals surface area contributed by atoms with Crippen LogP contribution in [0.25, 0.3) is 11.1 Å². The number of rotatable bonds is 13. The molecule has 2 heterocycles. The summed E-state index contributed by atoms with van der Waals surface area (Å²) in [4.78, 5) is 0.223. The molecular formula is C33H44N4O7S2. The molecule has 0 amide bonds. The molecule has 0 radical (unpaired) electrons. The van der Waals surface area contributed by atoms with Gasteiger partial charge in [-0.3, -0.25) is 0 Å². The second-order valence-electron chi connectivity index (χ2n) is 12.5. The molecule has 2 saturated heterocycles. The number of nitrogens with one attached hydrogen (secondary N) is 2. The van der Waals surface area contributed by atoms with Crippen molar-refractivity contribution in [2.45, 2.75) is 73.2 Å². The number of sulfonamides is 2. The molecule has 11 nitrogen and oxygen atoms in total. The highest BCUT2D eigenvalue weighted by molar-refractivity contribution is 7.89. The van der Waals surface area contributed by atoms with Crippen molar-refractivity contribution < 1.29 is 31.4 Å². The molecule has 46 heavy (non-hydrogen) atoms. The van der Waals surface area contributed by atoms with Crippen molar-refractivity contribution in [3.05, 3.63) is 78.4 Å². The van der Waals surface area contributed by atoms with Crippen molar-refractivity contribution in [2.24, 2.45) is 5.14 Å². The second kappa shape index (κ2) is 14.5. The number of aliphatic hydroxyl groups excluding tert-OH is 1. The van der Waals surface area contributed by atoms with Gasteiger partial charge in [0.2, 0.25) is 20.0 Å². The predicted molar refractivity (Wildman–Crippen MR) is 176 cm³/mol. The zero-order valence-electron chi connectivity index (χ0n) is 26.3. The van der Waals surface area contributed by atoms with E-state index in [2.05, 4.69) is 36.6 Å². The fourth-order valence-corrected chi connectivity index (χ4v) is 7.91. The standard InChI is InChI=1S/C33H44N4O7S2/c1-24(2)35-20-25-9-11-26(12-10-25)27-5-3-8-32(17-27)46(41,42)37-15-13-33(14-16-37)19-28(22-44-33)36-21-29(38)23-43-30-6-4-7-31(18-30)45(34,39)40/h3-12,17-18,24,28-29,35-36,38H,13-16,19-23H2,1-2H3,(H2,34,39,40). The summed E-state index contributed by atoms with van der Waals surface area (Å²) in [7, 11) is -7.52. The number of primary sulfonamides is 1. The third-order valence-electron chi connectivity index (χ3n) is 8.53. The maximum absolute atomic E-state index is 13.6. The van der Waals surface area contributed by atoms with E-state index in [-0.39, 0.29) is 29.0 Å². The smallest absolute Gasteiger partial charge is 0.243 e. The number of aliphatic hydroxyl groups is 1. The van der Waals surface area contributed by atoms with Gasteiger partial charge in [-0.05, 0) is 60.2 Å². The highest BCUT2D eigenvalue weighted by Crippen LogP contribution is 2.37. The Bertz CT molecular complexity index is 1690. The maximum atomic E-state index is 13.6. The van der Waals surface area contributed by atoms with Gasteiger partial charge in [0.25, 0.3) is 0 Å². The number of nitrogens with two attached hydrogens (primary N) is 1. The Balaban J connectivity index is 1.10. The van der Waals surface area contributed by atoms with E-state index in [1.165, 1.54) is 23.8 Å². The van der Waals surface area contributed by atoms with Gasteiger partial charge in [-0.2, -0.15) is 4.31 Å². The van der Waals surface area contributed by atoms with Crippen molar-refractivity contribution in [3.8, 4) is 16.9 Å². The van der Waals surface area contributed by atoms with Crippen LogP contribution in [-0.4, -0.2) is 82.9 Å². The van der Waals surface area contributed by atoms with Crippen molar-refractivity contribution in [3.63, 3.8) is 0 Å². The van der Waals surface area contributed by atoms with E-state index in [0.717, 1.165) is 17.7 Å². The lowest BCUT2D eigenvalue weighted by Crippen LogP contribution is -2.47. The molecule has 2 unspecified atom stereocenters. The zero-order chi connectivity index (χ0) is 33.0. The topological polar surface area (TPSA) is 160 Å². The van der Waals surface area contributed by atoms with Crippen molar-refractivity contribution in [1.82, 2.24) is 14.9 Å². The first-order valence-corrected chi connectivity index (χ1v) is 18.6. The molecule has 5 rings (SSSR count). The van der Waals surface area contributed by atoms with E-state index in [1.54, 1.807) is 28.6 Å². The molecule has 0 saturated carbocycles. The third kappa shape index (κ3) is 8.72. The van der Waals surface area contributed by atoms with Gasteiger partial charge in [-0.1, -0.05) is 56.3 Å². The van der Waals surface area contributed by atoms with E-state index >= 15 is 0 Å². The van der Waals surface area contributed by atoms with Gasteiger partial charge < -0.3 is 25.2 Å². The predicted octanol–water partition coefficient (Wildman–Crippen LogP) is 2.84. The first-order valence-electron chi connectivity index (χ1n) is 15.6. The summed E-state index contributed by atoms with van der Waals surface area (Å²) in [5.41, 5.74) is 2.59. The highest BCUT2D eigenvalue weighted by atomic mass is 32.2. The van der Waals surface area contributed by atoms with Crippen LogP contribution in [0.2, 0.25) is 0 Å². The molecule has 1 spiro atoms. The van der Waals surface area contributed by atoms with Crippen LogP contribution in [0, 0.1) is 0 Å². The van der Waals surface area contributed by atoms with Crippen LogP contribution in [0.15, 0.2) is 82.6 Å². The van der Waals surface area contributed by atoms with Crippen LogP contribution >= 0.6 is 0 Å². The van der Waals surface area contributed by atoms with Crippen LogP contribution < -0.4 is 20.5 Å². The van der Waals surface area contributed by atoms with E-state index in [4.69, 9.17) is 14.6 Å². The lowest BCUT2D eigenvalue weighted by Gasteiger charge is -2.38. The van der Waals surface area contributed by atoms with Crippen molar-refractivity contribution in [2.75, 3.05) is 32.8 Å². The van der Waals surface area contributed by atoms with Crippen LogP contribution in [0.5, 0.6) is 5.75 Å². The maximum Gasteiger partial charge on any atom is 0.243 e. The summed E-state index contributed by atoms with van der Waals surface area (Å²) >= 11 is 0. The molecule has 3 aromatic carbocycles. The Morgan fingerprint density at radius 3 is 2.37 bits per heavy atom. The molecule has 0 bridgehead atoms. The van der Waals surface area contributed by atoms with Gasteiger partial charge in [0.1, 0.15) is 18.5 Å². The Morgan fingerprint density at radius 1 is 0.978 bits per heavy atom. The lowest BCUT2D eigenvalue weighted by atomic mass is 9.88. The molecule has 2 atom stereocenters. The number of nitrogens with zero attached hydrogens (tertiary/aromatic N) is 1. The summed E-state index contributed by atoms with van der Waals surface area (Å²) in [6.45, 7) is 6.42. The summed E-state index contributed by atoms with van der Waals surface area (Å²) in [5, 5.41) is 22.3. The molecule has 0 aliphatic carbocycles. The summed E-state index contributed by atoms with van der Waals surface area (Å²) in [5.74, 6) is 0.297. The van der Waals surface area contributed by atoms with Crippen molar-refractivity contribution >= 4 is 20.0 Å². The van der Waals surface area contributed by atoms with Crippen LogP contribution in [-0.2, 0) is 31.3 Å². The highest BCUT2D eigenvalue weighted by Gasteiger charge is 2.44. The first kappa shape index (κ1) is 34.5. The minimum atomic E-state index is -3.85. The number of ether oxygens (including phenoxy) is 2. The number of piperidine rings is 1. The molecule has 3 aromatic rings. The summed E-state index contributed by atoms with van der Waals surface area (Å²) in [6.07, 6.45) is 1.05. The Hall–Kier alpha value is -2.88. The molecular weight excluding hydrogens is 629 g/mol. The SMILES string of the molecule is CC(C)NCc1ccc(-c2cccc(S(=O)(=O)N3CCC4(CC3)CC(NCC(O)COc3cccc(S(N)(=O)=O)c3)CO4)c2)cc1. The normalized spacial score (nSPS) is 19.5. The quantitative estimate of drug-likeness (QED) is 0.214. The van der Waals surface area contributed by atoms with Gasteiger partial charge in [0, 0.05) is 44.3 Å². The minimum absolute atomic E-state index is 0.00717. The van der Waals surface area contributed by atoms with Gasteiger partial charge in [0.05, 0.1) is 22.0 Å². The monoisotopic (exact) mass is 672 g/mol. The van der Waals surface area contributed by atoms with Gasteiger partial charge >= 0.3 is 0 Å². The van der Waals surface area contributed by atoms with Crippen LogP contribution in [0.1, 0.15) is 38.7 Å². The minimum Gasteiger partial charge on any atom is -0.491 e. The average Bonchev–Trinajstić information content (AvgIpc) is 3.44. The molecule has 5 N–H and O–H groups in total. The van der Waals surface area contributed by atoms with Gasteiger partial charge in [-0.15, -0.1) is 0 Å². The molecule has 0 aromatic heterocycles.